The van der Waals surface area contributed by atoms with E-state index in [-0.39, 0.29) is 24.8 Å². The van der Waals surface area contributed by atoms with Crippen molar-refractivity contribution in [3.8, 4) is 5.75 Å². The van der Waals surface area contributed by atoms with Crippen molar-refractivity contribution in [2.75, 3.05) is 32.8 Å². The number of esters is 1. The van der Waals surface area contributed by atoms with Crippen LogP contribution in [0.3, 0.4) is 0 Å². The van der Waals surface area contributed by atoms with E-state index in [0.717, 1.165) is 13.1 Å². The maximum Gasteiger partial charge on any atom is 0.338 e. The maximum atomic E-state index is 11.6. The first-order valence-electron chi connectivity index (χ1n) is 8.43. The van der Waals surface area contributed by atoms with E-state index in [1.165, 1.54) is 0 Å². The molecule has 134 valence electrons. The molecule has 1 heterocycles. The average molecular weight is 337 g/mol. The third-order valence-electron chi connectivity index (χ3n) is 3.77. The first-order chi connectivity index (χ1) is 11.5. The van der Waals surface area contributed by atoms with E-state index in [9.17, 15) is 9.90 Å². The molecule has 6 heteroatoms. The molecule has 0 aromatic heterocycles. The Balaban J connectivity index is 1.77. The summed E-state index contributed by atoms with van der Waals surface area (Å²) in [5.41, 5.74) is 0.487. The van der Waals surface area contributed by atoms with E-state index < -0.39 is 6.10 Å². The van der Waals surface area contributed by atoms with Crippen LogP contribution < -0.4 is 4.74 Å². The van der Waals surface area contributed by atoms with Crippen molar-refractivity contribution in [3.05, 3.63) is 29.8 Å². The predicted octanol–water partition coefficient (Wildman–Crippen LogP) is 1.71. The van der Waals surface area contributed by atoms with Crippen LogP contribution in [0, 0.1) is 0 Å². The van der Waals surface area contributed by atoms with Gasteiger partial charge in [-0.2, -0.15) is 0 Å². The smallest absolute Gasteiger partial charge is 0.338 e. The molecule has 0 aliphatic carbocycles. The number of hydrogen-bond acceptors (Lipinski definition) is 6. The van der Waals surface area contributed by atoms with Gasteiger partial charge in [-0.05, 0) is 45.0 Å². The van der Waals surface area contributed by atoms with Gasteiger partial charge >= 0.3 is 5.97 Å². The number of carbonyl (C=O) groups is 1. The first kappa shape index (κ1) is 18.7. The van der Waals surface area contributed by atoms with Crippen LogP contribution in [-0.4, -0.2) is 67.1 Å². The lowest BCUT2D eigenvalue weighted by Gasteiger charge is -2.36. The summed E-state index contributed by atoms with van der Waals surface area (Å²) in [6.45, 7) is 8.59. The Morgan fingerprint density at radius 3 is 2.50 bits per heavy atom. The summed E-state index contributed by atoms with van der Waals surface area (Å²) in [7, 11) is 0. The molecule has 0 radical (unpaired) electrons. The Labute approximate surface area is 143 Å². The number of nitrogens with zero attached hydrogens (tertiary/aromatic N) is 1. The fourth-order valence-electron chi connectivity index (χ4n) is 2.88. The molecule has 1 N–H and O–H groups in total. The Hall–Kier alpha value is -1.63. The quantitative estimate of drug-likeness (QED) is 0.764. The number of aliphatic hydroxyl groups excluding tert-OH is 1. The number of rotatable bonds is 7. The van der Waals surface area contributed by atoms with Crippen molar-refractivity contribution in [1.82, 2.24) is 4.90 Å². The van der Waals surface area contributed by atoms with E-state index in [4.69, 9.17) is 14.2 Å². The summed E-state index contributed by atoms with van der Waals surface area (Å²) in [6.07, 6.45) is -0.221. The Morgan fingerprint density at radius 1 is 1.29 bits per heavy atom. The highest BCUT2D eigenvalue weighted by Crippen LogP contribution is 2.14. The van der Waals surface area contributed by atoms with Crippen LogP contribution in [0.1, 0.15) is 31.1 Å². The number of ether oxygens (including phenoxy) is 3. The molecular weight excluding hydrogens is 310 g/mol. The average Bonchev–Trinajstić information content (AvgIpc) is 2.52. The van der Waals surface area contributed by atoms with Crippen LogP contribution in [0.2, 0.25) is 0 Å². The van der Waals surface area contributed by atoms with Gasteiger partial charge in [0.25, 0.3) is 0 Å². The van der Waals surface area contributed by atoms with E-state index in [1.54, 1.807) is 31.2 Å². The molecule has 1 aliphatic heterocycles. The zero-order valence-corrected chi connectivity index (χ0v) is 14.6. The van der Waals surface area contributed by atoms with Crippen LogP contribution in [0.15, 0.2) is 24.3 Å². The molecule has 24 heavy (non-hydrogen) atoms. The SMILES string of the molecule is CCOC(=O)c1ccc(OC[C@H](O)CN2C[C@@H](C)O[C@H](C)C2)cc1. The minimum absolute atomic E-state index is 0.178. The standard InChI is InChI=1S/C18H27NO5/c1-4-22-18(21)15-5-7-17(8-6-15)23-12-16(20)11-19-9-13(2)24-14(3)10-19/h5-8,13-14,16,20H,4,9-12H2,1-3H3/t13-,14-,16-/m1/s1. The van der Waals surface area contributed by atoms with Gasteiger partial charge in [0, 0.05) is 19.6 Å². The normalized spacial score (nSPS) is 22.8. The number of benzene rings is 1. The monoisotopic (exact) mass is 337 g/mol. The van der Waals surface area contributed by atoms with Gasteiger partial charge in [0.05, 0.1) is 24.4 Å². The lowest BCUT2D eigenvalue weighted by atomic mass is 10.2. The second kappa shape index (κ2) is 9.01. The summed E-state index contributed by atoms with van der Waals surface area (Å²) in [5, 5.41) is 10.2. The number of morpholine rings is 1. The maximum absolute atomic E-state index is 11.6. The van der Waals surface area contributed by atoms with Gasteiger partial charge in [-0.1, -0.05) is 0 Å². The summed E-state index contributed by atoms with van der Waals surface area (Å²) < 4.78 is 16.2. The summed E-state index contributed by atoms with van der Waals surface area (Å²) in [6, 6.07) is 6.73. The van der Waals surface area contributed by atoms with E-state index in [1.807, 2.05) is 13.8 Å². The number of aliphatic hydroxyl groups is 1. The van der Waals surface area contributed by atoms with Crippen LogP contribution >= 0.6 is 0 Å². The third kappa shape index (κ3) is 5.78. The Bertz CT molecular complexity index is 509. The van der Waals surface area contributed by atoms with E-state index >= 15 is 0 Å². The molecule has 0 bridgehead atoms. The van der Waals surface area contributed by atoms with Crippen LogP contribution in [0.25, 0.3) is 0 Å². The minimum atomic E-state index is -0.577. The topological polar surface area (TPSA) is 68.2 Å². The van der Waals surface area contributed by atoms with Crippen LogP contribution in [0.5, 0.6) is 5.75 Å². The lowest BCUT2D eigenvalue weighted by molar-refractivity contribution is -0.0786. The molecule has 1 fully saturated rings. The predicted molar refractivity (Wildman–Crippen MR) is 90.3 cm³/mol. The van der Waals surface area contributed by atoms with Crippen LogP contribution in [0.4, 0.5) is 0 Å². The largest absolute Gasteiger partial charge is 0.491 e. The molecule has 6 nitrogen and oxygen atoms in total. The van der Waals surface area contributed by atoms with Crippen molar-refractivity contribution < 1.29 is 24.1 Å². The fourth-order valence-corrected chi connectivity index (χ4v) is 2.88. The van der Waals surface area contributed by atoms with Gasteiger partial charge in [-0.3, -0.25) is 4.90 Å². The zero-order chi connectivity index (χ0) is 17.5. The summed E-state index contributed by atoms with van der Waals surface area (Å²) >= 11 is 0. The van der Waals surface area contributed by atoms with E-state index in [0.29, 0.717) is 24.5 Å². The van der Waals surface area contributed by atoms with Crippen molar-refractivity contribution in [1.29, 1.82) is 0 Å². The molecule has 1 aromatic rings. The van der Waals surface area contributed by atoms with E-state index in [2.05, 4.69) is 4.90 Å². The first-order valence-corrected chi connectivity index (χ1v) is 8.43. The molecule has 0 unspecified atom stereocenters. The molecule has 0 saturated carbocycles. The number of carbonyl (C=O) groups excluding carboxylic acids is 1. The van der Waals surface area contributed by atoms with Gasteiger partial charge < -0.3 is 19.3 Å². The second-order valence-corrected chi connectivity index (χ2v) is 6.19. The Kier molecular flexibility index (Phi) is 7.02. The molecule has 0 amide bonds. The molecule has 2 rings (SSSR count). The highest BCUT2D eigenvalue weighted by atomic mass is 16.5. The number of hydrogen-bond donors (Lipinski definition) is 1. The third-order valence-corrected chi connectivity index (χ3v) is 3.77. The summed E-state index contributed by atoms with van der Waals surface area (Å²) in [4.78, 5) is 13.8. The lowest BCUT2D eigenvalue weighted by Crippen LogP contribution is -2.48. The molecule has 1 aromatic carbocycles. The van der Waals surface area contributed by atoms with Crippen molar-refractivity contribution in [3.63, 3.8) is 0 Å². The van der Waals surface area contributed by atoms with Gasteiger partial charge in [0.1, 0.15) is 18.5 Å². The fraction of sp³-hybridized carbons (Fsp3) is 0.611. The van der Waals surface area contributed by atoms with Gasteiger partial charge in [0.15, 0.2) is 0 Å². The van der Waals surface area contributed by atoms with Gasteiger partial charge in [-0.25, -0.2) is 4.79 Å². The van der Waals surface area contributed by atoms with Crippen LogP contribution in [-0.2, 0) is 9.47 Å². The minimum Gasteiger partial charge on any atom is -0.491 e. The van der Waals surface area contributed by atoms with Crippen molar-refractivity contribution in [2.24, 2.45) is 0 Å². The van der Waals surface area contributed by atoms with Gasteiger partial charge in [-0.15, -0.1) is 0 Å². The number of β-amino-alcohol motifs (C(OH)–C–C–N with tert-alkyl or cyclic N) is 1. The molecule has 0 spiro atoms. The molecule has 1 aliphatic rings. The molecule has 3 atom stereocenters. The van der Waals surface area contributed by atoms with Crippen molar-refractivity contribution >= 4 is 5.97 Å². The highest BCUT2D eigenvalue weighted by molar-refractivity contribution is 5.89. The molecular formula is C18H27NO5. The zero-order valence-electron chi connectivity index (χ0n) is 14.6. The molecule has 1 saturated heterocycles. The second-order valence-electron chi connectivity index (χ2n) is 6.19. The summed E-state index contributed by atoms with van der Waals surface area (Å²) in [5.74, 6) is 0.269. The van der Waals surface area contributed by atoms with Crippen molar-refractivity contribution in [2.45, 2.75) is 39.1 Å². The highest BCUT2D eigenvalue weighted by Gasteiger charge is 2.23. The Morgan fingerprint density at radius 2 is 1.92 bits per heavy atom. The van der Waals surface area contributed by atoms with Gasteiger partial charge in [0.2, 0.25) is 0 Å².